The molecule has 2 saturated heterocycles. The van der Waals surface area contributed by atoms with Crippen LogP contribution in [0.4, 0.5) is 0 Å². The lowest BCUT2D eigenvalue weighted by molar-refractivity contribution is 0.0388. The molecule has 0 bridgehead atoms. The lowest BCUT2D eigenvalue weighted by atomic mass is 9.97. The normalized spacial score (nSPS) is 33.5. The fraction of sp³-hybridized carbons (Fsp3) is 1.00. The standard InChI is InChI=1S/C13H26N2O2/c1-2-12-9-15(5-3-6-17-12)13(8-14)11-4-7-16-10-11/h11-13H,2-10,14H2,1H3. The number of nitrogens with zero attached hydrogens (tertiary/aromatic N) is 1. The molecular formula is C13H26N2O2. The van der Waals surface area contributed by atoms with Crippen LogP contribution in [0.25, 0.3) is 0 Å². The van der Waals surface area contributed by atoms with E-state index < -0.39 is 0 Å². The Bertz CT molecular complexity index is 219. The van der Waals surface area contributed by atoms with Crippen LogP contribution >= 0.6 is 0 Å². The molecule has 0 aliphatic carbocycles. The van der Waals surface area contributed by atoms with Crippen molar-refractivity contribution in [1.29, 1.82) is 0 Å². The van der Waals surface area contributed by atoms with E-state index in [0.29, 0.717) is 18.1 Å². The first-order chi connectivity index (χ1) is 8.35. The highest BCUT2D eigenvalue weighted by atomic mass is 16.5. The van der Waals surface area contributed by atoms with E-state index in [1.165, 1.54) is 0 Å². The Labute approximate surface area is 104 Å². The van der Waals surface area contributed by atoms with Crippen LogP contribution in [0.5, 0.6) is 0 Å². The zero-order valence-corrected chi connectivity index (χ0v) is 10.9. The highest BCUT2D eigenvalue weighted by molar-refractivity contribution is 4.85. The molecule has 2 fully saturated rings. The third kappa shape index (κ3) is 3.41. The summed E-state index contributed by atoms with van der Waals surface area (Å²) in [4.78, 5) is 2.54. The third-order valence-corrected chi connectivity index (χ3v) is 4.06. The molecule has 0 spiro atoms. The number of rotatable bonds is 4. The van der Waals surface area contributed by atoms with Crippen molar-refractivity contribution in [3.05, 3.63) is 0 Å². The smallest absolute Gasteiger partial charge is 0.0699 e. The van der Waals surface area contributed by atoms with Gasteiger partial charge in [0, 0.05) is 44.8 Å². The maximum absolute atomic E-state index is 5.98. The Morgan fingerprint density at radius 1 is 1.41 bits per heavy atom. The van der Waals surface area contributed by atoms with Crippen molar-refractivity contribution in [2.24, 2.45) is 11.7 Å². The van der Waals surface area contributed by atoms with E-state index in [-0.39, 0.29) is 0 Å². The van der Waals surface area contributed by atoms with Gasteiger partial charge in [0.25, 0.3) is 0 Å². The summed E-state index contributed by atoms with van der Waals surface area (Å²) in [5.74, 6) is 0.621. The number of hydrogen-bond acceptors (Lipinski definition) is 4. The zero-order valence-electron chi connectivity index (χ0n) is 10.9. The molecule has 2 N–H and O–H groups in total. The van der Waals surface area contributed by atoms with E-state index in [9.17, 15) is 0 Å². The molecule has 2 rings (SSSR count). The molecule has 0 saturated carbocycles. The molecule has 0 aromatic carbocycles. The van der Waals surface area contributed by atoms with Gasteiger partial charge in [0.15, 0.2) is 0 Å². The van der Waals surface area contributed by atoms with Crippen LogP contribution in [-0.2, 0) is 9.47 Å². The van der Waals surface area contributed by atoms with Crippen molar-refractivity contribution >= 4 is 0 Å². The van der Waals surface area contributed by atoms with Gasteiger partial charge in [-0.05, 0) is 19.3 Å². The average molecular weight is 242 g/mol. The van der Waals surface area contributed by atoms with Crippen molar-refractivity contribution in [1.82, 2.24) is 4.90 Å². The maximum atomic E-state index is 5.98. The minimum absolute atomic E-state index is 0.383. The van der Waals surface area contributed by atoms with Crippen molar-refractivity contribution in [2.75, 3.05) is 39.5 Å². The molecule has 4 heteroatoms. The summed E-state index contributed by atoms with van der Waals surface area (Å²) in [5, 5.41) is 0. The Morgan fingerprint density at radius 2 is 2.29 bits per heavy atom. The molecular weight excluding hydrogens is 216 g/mol. The molecule has 3 atom stereocenters. The van der Waals surface area contributed by atoms with Gasteiger partial charge in [-0.2, -0.15) is 0 Å². The van der Waals surface area contributed by atoms with E-state index in [2.05, 4.69) is 11.8 Å². The van der Waals surface area contributed by atoms with Crippen LogP contribution in [0.15, 0.2) is 0 Å². The Balaban J connectivity index is 1.96. The van der Waals surface area contributed by atoms with Crippen LogP contribution < -0.4 is 5.73 Å². The summed E-state index contributed by atoms with van der Waals surface area (Å²) in [6.07, 6.45) is 3.76. The monoisotopic (exact) mass is 242 g/mol. The van der Waals surface area contributed by atoms with Gasteiger partial charge in [0.1, 0.15) is 0 Å². The van der Waals surface area contributed by atoms with Crippen LogP contribution in [-0.4, -0.2) is 56.5 Å². The molecule has 3 unspecified atom stereocenters. The highest BCUT2D eigenvalue weighted by Gasteiger charge is 2.31. The van der Waals surface area contributed by atoms with E-state index >= 15 is 0 Å². The van der Waals surface area contributed by atoms with Gasteiger partial charge >= 0.3 is 0 Å². The molecule has 2 aliphatic heterocycles. The fourth-order valence-corrected chi connectivity index (χ4v) is 2.97. The van der Waals surface area contributed by atoms with Gasteiger partial charge in [-0.15, -0.1) is 0 Å². The summed E-state index contributed by atoms with van der Waals surface area (Å²) in [6, 6.07) is 0.480. The molecule has 0 radical (unpaired) electrons. The first kappa shape index (κ1) is 13.3. The van der Waals surface area contributed by atoms with Crippen molar-refractivity contribution in [2.45, 2.75) is 38.3 Å². The quantitative estimate of drug-likeness (QED) is 0.794. The zero-order chi connectivity index (χ0) is 12.1. The van der Waals surface area contributed by atoms with E-state index in [4.69, 9.17) is 15.2 Å². The van der Waals surface area contributed by atoms with Gasteiger partial charge in [-0.25, -0.2) is 0 Å². The summed E-state index contributed by atoms with van der Waals surface area (Å²) in [5.41, 5.74) is 5.98. The predicted octanol–water partition coefficient (Wildman–Crippen LogP) is 0.851. The lowest BCUT2D eigenvalue weighted by Crippen LogP contribution is -2.48. The molecule has 2 heterocycles. The van der Waals surface area contributed by atoms with E-state index in [1.54, 1.807) is 0 Å². The van der Waals surface area contributed by atoms with Gasteiger partial charge in [0.05, 0.1) is 12.7 Å². The number of ether oxygens (including phenoxy) is 2. The molecule has 0 aromatic heterocycles. The molecule has 17 heavy (non-hydrogen) atoms. The van der Waals surface area contributed by atoms with Crippen LogP contribution in [0.1, 0.15) is 26.2 Å². The van der Waals surface area contributed by atoms with Crippen molar-refractivity contribution < 1.29 is 9.47 Å². The first-order valence-electron chi connectivity index (χ1n) is 6.98. The third-order valence-electron chi connectivity index (χ3n) is 4.06. The second-order valence-corrected chi connectivity index (χ2v) is 5.18. The van der Waals surface area contributed by atoms with Crippen LogP contribution in [0, 0.1) is 5.92 Å². The van der Waals surface area contributed by atoms with E-state index in [0.717, 1.165) is 58.7 Å². The van der Waals surface area contributed by atoms with Crippen LogP contribution in [0.2, 0.25) is 0 Å². The van der Waals surface area contributed by atoms with Gasteiger partial charge < -0.3 is 15.2 Å². The molecule has 2 aliphatic rings. The van der Waals surface area contributed by atoms with E-state index in [1.807, 2.05) is 0 Å². The number of hydrogen-bond donors (Lipinski definition) is 1. The first-order valence-corrected chi connectivity index (χ1v) is 6.98. The summed E-state index contributed by atoms with van der Waals surface area (Å²) in [6.45, 7) is 7.78. The average Bonchev–Trinajstić information content (AvgIpc) is 2.76. The SMILES string of the molecule is CCC1CN(C(CN)C2CCOC2)CCCO1. The topological polar surface area (TPSA) is 47.7 Å². The lowest BCUT2D eigenvalue weighted by Gasteiger charge is -2.34. The summed E-state index contributed by atoms with van der Waals surface area (Å²) >= 11 is 0. The number of nitrogens with two attached hydrogens (primary N) is 1. The van der Waals surface area contributed by atoms with Gasteiger partial charge in [0.2, 0.25) is 0 Å². The fourth-order valence-electron chi connectivity index (χ4n) is 2.97. The largest absolute Gasteiger partial charge is 0.381 e. The Kier molecular flexibility index (Phi) is 5.22. The second-order valence-electron chi connectivity index (χ2n) is 5.18. The molecule has 0 amide bonds. The predicted molar refractivity (Wildman–Crippen MR) is 68.0 cm³/mol. The molecule has 4 nitrogen and oxygen atoms in total. The molecule has 0 aromatic rings. The van der Waals surface area contributed by atoms with Crippen molar-refractivity contribution in [3.63, 3.8) is 0 Å². The van der Waals surface area contributed by atoms with Gasteiger partial charge in [-0.3, -0.25) is 4.90 Å². The van der Waals surface area contributed by atoms with Crippen molar-refractivity contribution in [3.8, 4) is 0 Å². The maximum Gasteiger partial charge on any atom is 0.0699 e. The summed E-state index contributed by atoms with van der Waals surface area (Å²) in [7, 11) is 0. The van der Waals surface area contributed by atoms with Crippen LogP contribution in [0.3, 0.4) is 0 Å². The minimum atomic E-state index is 0.383. The van der Waals surface area contributed by atoms with Gasteiger partial charge in [-0.1, -0.05) is 6.92 Å². The Morgan fingerprint density at radius 3 is 2.94 bits per heavy atom. The summed E-state index contributed by atoms with van der Waals surface area (Å²) < 4.78 is 11.3. The second kappa shape index (κ2) is 6.69. The molecule has 100 valence electrons. The minimum Gasteiger partial charge on any atom is -0.381 e. The Hall–Kier alpha value is -0.160. The highest BCUT2D eigenvalue weighted by Crippen LogP contribution is 2.22.